The summed E-state index contributed by atoms with van der Waals surface area (Å²) in [4.78, 5) is 23.8. The molecule has 23 heavy (non-hydrogen) atoms. The molecule has 1 amide bonds. The number of aliphatic hydroxyl groups excluding tert-OH is 2. The number of Topliss-reactive ketones (excluding diaryl/α,β-unsaturated/α-hetero) is 1. The number of hydrogen-bond donors (Lipinski definition) is 3. The Morgan fingerprint density at radius 3 is 2.13 bits per heavy atom. The molecule has 0 saturated carbocycles. The predicted molar refractivity (Wildman–Crippen MR) is 91.8 cm³/mol. The van der Waals surface area contributed by atoms with Crippen LogP contribution >= 0.6 is 0 Å². The van der Waals surface area contributed by atoms with Gasteiger partial charge in [0.15, 0.2) is 0 Å². The molecule has 3 N–H and O–H groups in total. The number of nitrogens with one attached hydrogen (secondary N) is 1. The zero-order valence-corrected chi connectivity index (χ0v) is 15.2. The van der Waals surface area contributed by atoms with E-state index in [2.05, 4.69) is 5.32 Å². The summed E-state index contributed by atoms with van der Waals surface area (Å²) in [5.74, 6) is -1.22. The normalized spacial score (nSPS) is 18.5. The van der Waals surface area contributed by atoms with Crippen molar-refractivity contribution in [2.24, 2.45) is 17.8 Å². The van der Waals surface area contributed by atoms with Crippen LogP contribution in [0.4, 0.5) is 0 Å². The van der Waals surface area contributed by atoms with Gasteiger partial charge < -0.3 is 20.3 Å². The van der Waals surface area contributed by atoms with E-state index in [1.54, 1.807) is 26.0 Å². The van der Waals surface area contributed by atoms with Gasteiger partial charge >= 0.3 is 0 Å². The van der Waals surface area contributed by atoms with E-state index in [0.29, 0.717) is 0 Å². The molecule has 0 aromatic rings. The summed E-state index contributed by atoms with van der Waals surface area (Å²) in [6.07, 6.45) is 1.96. The summed E-state index contributed by atoms with van der Waals surface area (Å²) in [7, 11) is 0. The van der Waals surface area contributed by atoms with Gasteiger partial charge in [-0.25, -0.2) is 0 Å². The minimum atomic E-state index is -1.01. The van der Waals surface area contributed by atoms with Crippen molar-refractivity contribution in [3.05, 3.63) is 12.2 Å². The number of carbonyl (C=O) groups excluding carboxylic acids is 2. The Morgan fingerprint density at radius 2 is 1.70 bits per heavy atom. The molecule has 0 bridgehead atoms. The van der Waals surface area contributed by atoms with Crippen LogP contribution in [0.3, 0.4) is 0 Å². The van der Waals surface area contributed by atoms with Crippen molar-refractivity contribution in [2.75, 3.05) is 0 Å². The molecule has 0 aliphatic heterocycles. The molecular weight excluding hydrogens is 294 g/mol. The second-order valence-corrected chi connectivity index (χ2v) is 6.75. The first-order valence-corrected chi connectivity index (χ1v) is 8.40. The highest BCUT2D eigenvalue weighted by Crippen LogP contribution is 2.23. The van der Waals surface area contributed by atoms with Crippen molar-refractivity contribution in [3.63, 3.8) is 0 Å². The minimum absolute atomic E-state index is 0.0198. The second-order valence-electron chi connectivity index (χ2n) is 6.75. The molecule has 0 heterocycles. The van der Waals surface area contributed by atoms with Gasteiger partial charge in [-0.15, -0.1) is 0 Å². The van der Waals surface area contributed by atoms with Crippen LogP contribution in [-0.2, 0) is 9.59 Å². The molecule has 0 aromatic heterocycles. The van der Waals surface area contributed by atoms with Gasteiger partial charge in [-0.05, 0) is 33.1 Å². The van der Waals surface area contributed by atoms with Crippen molar-refractivity contribution in [3.8, 4) is 0 Å². The molecule has 5 heteroatoms. The number of aliphatic hydroxyl groups is 2. The molecule has 0 spiro atoms. The molecule has 5 atom stereocenters. The number of allylic oxidation sites excluding steroid dienone is 1. The van der Waals surface area contributed by atoms with Gasteiger partial charge in [0.1, 0.15) is 5.78 Å². The lowest BCUT2D eigenvalue weighted by molar-refractivity contribution is -0.132. The minimum Gasteiger partial charge on any atom is -0.392 e. The van der Waals surface area contributed by atoms with Gasteiger partial charge in [0.2, 0.25) is 5.91 Å². The van der Waals surface area contributed by atoms with E-state index in [4.69, 9.17) is 0 Å². The fourth-order valence-electron chi connectivity index (χ4n) is 2.25. The molecule has 0 aromatic carbocycles. The van der Waals surface area contributed by atoms with Crippen LogP contribution in [0, 0.1) is 17.8 Å². The van der Waals surface area contributed by atoms with Crippen LogP contribution in [-0.4, -0.2) is 40.2 Å². The molecular formula is C18H33NO4. The zero-order valence-electron chi connectivity index (χ0n) is 15.2. The van der Waals surface area contributed by atoms with Crippen LogP contribution in [0.5, 0.6) is 0 Å². The number of ketones is 1. The molecule has 0 aliphatic rings. The standard InChI is InChI=1S/C18H33NO4/c1-7-8-16(21)13(5)17(22)15(10-9-12(4)20)18(23)19-14(6)11(2)3/h7-8,11,13-17,21-22H,9-10H2,1-6H3,(H,19,23). The molecule has 0 radical (unpaired) electrons. The Kier molecular flexibility index (Phi) is 10.0. The predicted octanol–water partition coefficient (Wildman–Crippen LogP) is 2.07. The lowest BCUT2D eigenvalue weighted by Crippen LogP contribution is -2.46. The number of carbonyl (C=O) groups is 2. The Hall–Kier alpha value is -1.20. The Morgan fingerprint density at radius 1 is 1.13 bits per heavy atom. The number of hydrogen-bond acceptors (Lipinski definition) is 4. The van der Waals surface area contributed by atoms with E-state index in [1.807, 2.05) is 20.8 Å². The number of rotatable bonds is 10. The quantitative estimate of drug-likeness (QED) is 0.536. The van der Waals surface area contributed by atoms with Crippen molar-refractivity contribution in [1.29, 1.82) is 0 Å². The Labute approximate surface area is 140 Å². The maximum Gasteiger partial charge on any atom is 0.225 e. The van der Waals surface area contributed by atoms with Crippen LogP contribution < -0.4 is 5.32 Å². The molecule has 0 aliphatic carbocycles. The average Bonchev–Trinajstić information content (AvgIpc) is 2.45. The summed E-state index contributed by atoms with van der Waals surface area (Å²) in [6, 6.07) is -0.0229. The third-order valence-corrected chi connectivity index (χ3v) is 4.39. The van der Waals surface area contributed by atoms with E-state index in [9.17, 15) is 19.8 Å². The van der Waals surface area contributed by atoms with Crippen LogP contribution in [0.2, 0.25) is 0 Å². The van der Waals surface area contributed by atoms with Gasteiger partial charge in [-0.3, -0.25) is 4.79 Å². The van der Waals surface area contributed by atoms with Gasteiger partial charge in [0.05, 0.1) is 18.1 Å². The molecule has 0 saturated heterocycles. The van der Waals surface area contributed by atoms with Crippen molar-refractivity contribution in [1.82, 2.24) is 5.32 Å². The fourth-order valence-corrected chi connectivity index (χ4v) is 2.25. The third-order valence-electron chi connectivity index (χ3n) is 4.39. The summed E-state index contributed by atoms with van der Waals surface area (Å²) < 4.78 is 0. The SMILES string of the molecule is CC=CC(O)C(C)C(O)C(CCC(C)=O)C(=O)NC(C)C(C)C. The van der Waals surface area contributed by atoms with Gasteiger partial charge in [0, 0.05) is 18.4 Å². The highest BCUT2D eigenvalue weighted by atomic mass is 16.3. The van der Waals surface area contributed by atoms with Crippen LogP contribution in [0.1, 0.15) is 54.4 Å². The van der Waals surface area contributed by atoms with Crippen molar-refractivity contribution >= 4 is 11.7 Å². The van der Waals surface area contributed by atoms with E-state index in [1.165, 1.54) is 6.92 Å². The van der Waals surface area contributed by atoms with Crippen molar-refractivity contribution < 1.29 is 19.8 Å². The van der Waals surface area contributed by atoms with Crippen LogP contribution in [0.15, 0.2) is 12.2 Å². The maximum absolute atomic E-state index is 12.5. The third kappa shape index (κ3) is 7.75. The Balaban J connectivity index is 5.10. The van der Waals surface area contributed by atoms with Gasteiger partial charge in [0.25, 0.3) is 0 Å². The lowest BCUT2D eigenvalue weighted by atomic mass is 9.84. The van der Waals surface area contributed by atoms with Gasteiger partial charge in [-0.1, -0.05) is 32.9 Å². The smallest absolute Gasteiger partial charge is 0.225 e. The topological polar surface area (TPSA) is 86.6 Å². The fraction of sp³-hybridized carbons (Fsp3) is 0.778. The monoisotopic (exact) mass is 327 g/mol. The largest absolute Gasteiger partial charge is 0.392 e. The summed E-state index contributed by atoms with van der Waals surface area (Å²) in [5, 5.41) is 23.5. The highest BCUT2D eigenvalue weighted by molar-refractivity contribution is 5.81. The van der Waals surface area contributed by atoms with E-state index >= 15 is 0 Å². The molecule has 0 fully saturated rings. The first-order chi connectivity index (χ1) is 10.6. The Bertz CT molecular complexity index is 406. The lowest BCUT2D eigenvalue weighted by Gasteiger charge is -2.30. The molecule has 0 rings (SSSR count). The summed E-state index contributed by atoms with van der Waals surface area (Å²) in [5.41, 5.74) is 0. The van der Waals surface area contributed by atoms with Gasteiger partial charge in [-0.2, -0.15) is 0 Å². The average molecular weight is 327 g/mol. The van der Waals surface area contributed by atoms with E-state index in [0.717, 1.165) is 0 Å². The maximum atomic E-state index is 12.5. The molecule has 134 valence electrons. The zero-order chi connectivity index (χ0) is 18.2. The summed E-state index contributed by atoms with van der Waals surface area (Å²) >= 11 is 0. The molecule has 5 nitrogen and oxygen atoms in total. The number of amides is 1. The van der Waals surface area contributed by atoms with Crippen LogP contribution in [0.25, 0.3) is 0 Å². The second kappa shape index (κ2) is 10.6. The summed E-state index contributed by atoms with van der Waals surface area (Å²) in [6.45, 7) is 10.9. The first kappa shape index (κ1) is 21.8. The first-order valence-electron chi connectivity index (χ1n) is 8.40. The van der Waals surface area contributed by atoms with Crippen molar-refractivity contribution in [2.45, 2.75) is 72.6 Å². The highest BCUT2D eigenvalue weighted by Gasteiger charge is 2.34. The van der Waals surface area contributed by atoms with E-state index < -0.39 is 24.0 Å². The van der Waals surface area contributed by atoms with E-state index in [-0.39, 0.29) is 36.5 Å². The molecule has 5 unspecified atom stereocenters.